The summed E-state index contributed by atoms with van der Waals surface area (Å²) in [5.41, 5.74) is 0.384. The lowest BCUT2D eigenvalue weighted by Crippen LogP contribution is -2.57. The van der Waals surface area contributed by atoms with Crippen molar-refractivity contribution in [1.29, 1.82) is 0 Å². The second-order valence-corrected chi connectivity index (χ2v) is 8.63. The van der Waals surface area contributed by atoms with Gasteiger partial charge in [-0.3, -0.25) is 14.9 Å². The van der Waals surface area contributed by atoms with Gasteiger partial charge in [-0.2, -0.15) is 13.2 Å². The fraction of sp³-hybridized carbons (Fsp3) is 0.375. The molecule has 2 aromatic carbocycles. The van der Waals surface area contributed by atoms with Gasteiger partial charge >= 0.3 is 12.1 Å². The number of carbonyl (C=O) groups excluding carboxylic acids is 2. The molecule has 7 nitrogen and oxygen atoms in total. The SMILES string of the molecule is CCOC(=O)[C@H]1C(=O)NC(N2CCN(c3cccc(C(F)(F)F)c3)CC2)=N[C@@H]1c1cccc(Cl)c1. The molecule has 11 heteroatoms. The average Bonchev–Trinajstić information content (AvgIpc) is 2.83. The van der Waals surface area contributed by atoms with Crippen LogP contribution in [-0.4, -0.2) is 55.5 Å². The van der Waals surface area contributed by atoms with E-state index in [-0.39, 0.29) is 6.61 Å². The predicted octanol–water partition coefficient (Wildman–Crippen LogP) is 3.89. The van der Waals surface area contributed by atoms with E-state index in [1.165, 1.54) is 6.07 Å². The number of nitrogens with one attached hydrogen (secondary N) is 1. The summed E-state index contributed by atoms with van der Waals surface area (Å²) in [5.74, 6) is -2.06. The van der Waals surface area contributed by atoms with E-state index in [4.69, 9.17) is 16.3 Å². The van der Waals surface area contributed by atoms with Gasteiger partial charge < -0.3 is 14.5 Å². The molecular formula is C24H24ClF3N4O3. The number of hydrogen-bond acceptors (Lipinski definition) is 6. The van der Waals surface area contributed by atoms with Crippen LogP contribution in [0, 0.1) is 5.92 Å². The molecule has 2 aliphatic rings. The van der Waals surface area contributed by atoms with Crippen molar-refractivity contribution in [3.63, 3.8) is 0 Å². The lowest BCUT2D eigenvalue weighted by atomic mass is 9.91. The predicted molar refractivity (Wildman–Crippen MR) is 125 cm³/mol. The molecule has 1 fully saturated rings. The van der Waals surface area contributed by atoms with E-state index < -0.39 is 35.6 Å². The Hall–Kier alpha value is -3.27. The Morgan fingerprint density at radius 1 is 1.11 bits per heavy atom. The molecule has 0 bridgehead atoms. The molecule has 1 N–H and O–H groups in total. The van der Waals surface area contributed by atoms with Gasteiger partial charge in [0.25, 0.3) is 0 Å². The summed E-state index contributed by atoms with van der Waals surface area (Å²) < 4.78 is 44.4. The Kier molecular flexibility index (Phi) is 7.20. The Labute approximate surface area is 205 Å². The van der Waals surface area contributed by atoms with Gasteiger partial charge in [0.15, 0.2) is 5.92 Å². The molecule has 2 heterocycles. The van der Waals surface area contributed by atoms with Crippen LogP contribution < -0.4 is 10.2 Å². The van der Waals surface area contributed by atoms with Crippen LogP contribution in [0.15, 0.2) is 53.5 Å². The summed E-state index contributed by atoms with van der Waals surface area (Å²) in [6.45, 7) is 3.48. The van der Waals surface area contributed by atoms with Crippen molar-refractivity contribution in [3.05, 3.63) is 64.7 Å². The van der Waals surface area contributed by atoms with Gasteiger partial charge in [0.2, 0.25) is 11.9 Å². The number of alkyl halides is 3. The first-order valence-corrected chi connectivity index (χ1v) is 11.5. The number of anilines is 1. The molecule has 0 aromatic heterocycles. The average molecular weight is 509 g/mol. The summed E-state index contributed by atoms with van der Waals surface area (Å²) in [6.07, 6.45) is -4.41. The standard InChI is InChI=1S/C24H24ClF3N4O3/c1-2-35-22(34)19-20(15-5-3-7-17(25)13-15)29-23(30-21(19)33)32-11-9-31(10-12-32)18-8-4-6-16(14-18)24(26,27)28/h3-8,13-14,19-20H,2,9-12H2,1H3,(H,29,30,33)/t19-,20-/m1/s1. The first-order chi connectivity index (χ1) is 16.7. The summed E-state index contributed by atoms with van der Waals surface area (Å²) in [5, 5.41) is 3.16. The highest BCUT2D eigenvalue weighted by atomic mass is 35.5. The van der Waals surface area contributed by atoms with Crippen molar-refractivity contribution in [2.75, 3.05) is 37.7 Å². The molecule has 2 aromatic rings. The van der Waals surface area contributed by atoms with Crippen molar-refractivity contribution in [3.8, 4) is 0 Å². The molecule has 35 heavy (non-hydrogen) atoms. The molecule has 1 amide bonds. The Bertz CT molecular complexity index is 1130. The lowest BCUT2D eigenvalue weighted by molar-refractivity contribution is -0.153. The van der Waals surface area contributed by atoms with E-state index >= 15 is 0 Å². The molecule has 2 atom stereocenters. The topological polar surface area (TPSA) is 74.2 Å². The second-order valence-electron chi connectivity index (χ2n) is 8.19. The van der Waals surface area contributed by atoms with Crippen LogP contribution in [0.4, 0.5) is 18.9 Å². The Balaban J connectivity index is 1.54. The third kappa shape index (κ3) is 5.53. The summed E-state index contributed by atoms with van der Waals surface area (Å²) >= 11 is 6.14. The number of aliphatic imine (C=N–C) groups is 1. The smallest absolute Gasteiger partial charge is 0.416 e. The Morgan fingerprint density at radius 2 is 1.80 bits per heavy atom. The zero-order valence-corrected chi connectivity index (χ0v) is 19.6. The van der Waals surface area contributed by atoms with Crippen molar-refractivity contribution >= 4 is 35.1 Å². The quantitative estimate of drug-likeness (QED) is 0.501. The van der Waals surface area contributed by atoms with Gasteiger partial charge in [-0.15, -0.1) is 0 Å². The number of amides is 1. The molecule has 0 unspecified atom stereocenters. The van der Waals surface area contributed by atoms with E-state index in [0.29, 0.717) is 48.4 Å². The molecule has 2 aliphatic heterocycles. The van der Waals surface area contributed by atoms with E-state index in [1.54, 1.807) is 37.3 Å². The molecule has 0 radical (unpaired) electrons. The highest BCUT2D eigenvalue weighted by molar-refractivity contribution is 6.30. The van der Waals surface area contributed by atoms with Crippen LogP contribution in [0.1, 0.15) is 24.1 Å². The Morgan fingerprint density at radius 3 is 2.46 bits per heavy atom. The van der Waals surface area contributed by atoms with Crippen molar-refractivity contribution in [1.82, 2.24) is 10.2 Å². The lowest BCUT2D eigenvalue weighted by Gasteiger charge is -2.39. The number of benzene rings is 2. The highest BCUT2D eigenvalue weighted by Gasteiger charge is 2.42. The first kappa shape index (κ1) is 24.8. The number of esters is 1. The van der Waals surface area contributed by atoms with Crippen LogP contribution in [0.2, 0.25) is 5.02 Å². The van der Waals surface area contributed by atoms with E-state index in [0.717, 1.165) is 12.1 Å². The maximum atomic E-state index is 13.1. The normalized spacial score (nSPS) is 20.8. The number of halogens is 4. The zero-order chi connectivity index (χ0) is 25.2. The van der Waals surface area contributed by atoms with Crippen LogP contribution in [0.25, 0.3) is 0 Å². The highest BCUT2D eigenvalue weighted by Crippen LogP contribution is 2.33. The monoisotopic (exact) mass is 508 g/mol. The van der Waals surface area contributed by atoms with Gasteiger partial charge in [-0.1, -0.05) is 29.8 Å². The molecule has 0 spiro atoms. The van der Waals surface area contributed by atoms with E-state index in [9.17, 15) is 22.8 Å². The van der Waals surface area contributed by atoms with Crippen LogP contribution in [0.5, 0.6) is 0 Å². The second kappa shape index (κ2) is 10.2. The van der Waals surface area contributed by atoms with Gasteiger partial charge in [0.1, 0.15) is 6.04 Å². The summed E-state index contributed by atoms with van der Waals surface area (Å²) in [6, 6.07) is 11.2. The molecule has 186 valence electrons. The number of carbonyl (C=O) groups is 2. The first-order valence-electron chi connectivity index (χ1n) is 11.2. The van der Waals surface area contributed by atoms with Crippen molar-refractivity contribution < 1.29 is 27.5 Å². The fourth-order valence-corrected chi connectivity index (χ4v) is 4.41. The van der Waals surface area contributed by atoms with Gasteiger partial charge in [0, 0.05) is 36.9 Å². The largest absolute Gasteiger partial charge is 0.465 e. The minimum Gasteiger partial charge on any atom is -0.465 e. The number of piperazine rings is 1. The van der Waals surface area contributed by atoms with Gasteiger partial charge in [-0.05, 0) is 42.8 Å². The molecule has 4 rings (SSSR count). The number of guanidine groups is 1. The number of ether oxygens (including phenoxy) is 1. The van der Waals surface area contributed by atoms with Crippen LogP contribution in [-0.2, 0) is 20.5 Å². The maximum Gasteiger partial charge on any atom is 0.416 e. The van der Waals surface area contributed by atoms with E-state index in [1.807, 2.05) is 9.80 Å². The third-order valence-corrected chi connectivity index (χ3v) is 6.18. The van der Waals surface area contributed by atoms with E-state index in [2.05, 4.69) is 10.3 Å². The minimum absolute atomic E-state index is 0.124. The number of hydrogen-bond donors (Lipinski definition) is 1. The summed E-state index contributed by atoms with van der Waals surface area (Å²) in [7, 11) is 0. The van der Waals surface area contributed by atoms with Gasteiger partial charge in [0.05, 0.1) is 12.2 Å². The fourth-order valence-electron chi connectivity index (χ4n) is 4.21. The van der Waals surface area contributed by atoms with Crippen molar-refractivity contribution in [2.24, 2.45) is 10.9 Å². The maximum absolute atomic E-state index is 13.1. The van der Waals surface area contributed by atoms with Gasteiger partial charge in [-0.25, -0.2) is 4.99 Å². The number of rotatable bonds is 4. The summed E-state index contributed by atoms with van der Waals surface area (Å²) in [4.78, 5) is 33.9. The number of nitrogens with zero attached hydrogens (tertiary/aromatic N) is 3. The van der Waals surface area contributed by atoms with Crippen LogP contribution in [0.3, 0.4) is 0 Å². The molecule has 0 saturated carbocycles. The molecule has 0 aliphatic carbocycles. The third-order valence-electron chi connectivity index (χ3n) is 5.94. The zero-order valence-electron chi connectivity index (χ0n) is 18.9. The van der Waals surface area contributed by atoms with Crippen molar-refractivity contribution in [2.45, 2.75) is 19.1 Å². The minimum atomic E-state index is -4.41. The van der Waals surface area contributed by atoms with Crippen LogP contribution >= 0.6 is 11.6 Å². The molecular weight excluding hydrogens is 485 g/mol. The molecule has 1 saturated heterocycles.